The van der Waals surface area contributed by atoms with E-state index in [0.717, 1.165) is 49.0 Å². The maximum atomic E-state index is 14.0. The summed E-state index contributed by atoms with van der Waals surface area (Å²) in [5.74, 6) is 0.625. The minimum Gasteiger partial charge on any atom is -0.354 e. The first-order valence-electron chi connectivity index (χ1n) is 10.8. The summed E-state index contributed by atoms with van der Waals surface area (Å²) in [7, 11) is 5.67. The van der Waals surface area contributed by atoms with Crippen LogP contribution < -0.4 is 10.6 Å². The summed E-state index contributed by atoms with van der Waals surface area (Å²) in [5, 5.41) is 7.68. The molecule has 0 saturated carbocycles. The Morgan fingerprint density at radius 1 is 1.13 bits per heavy atom. The van der Waals surface area contributed by atoms with E-state index in [0.29, 0.717) is 24.7 Å². The Hall–Kier alpha value is -2.15. The van der Waals surface area contributed by atoms with Crippen LogP contribution in [0.1, 0.15) is 29.5 Å². The number of guanidine groups is 1. The highest BCUT2D eigenvalue weighted by atomic mass is 35.5. The monoisotopic (exact) mass is 445 g/mol. The van der Waals surface area contributed by atoms with Crippen LogP contribution in [0.4, 0.5) is 4.39 Å². The van der Waals surface area contributed by atoms with E-state index in [9.17, 15) is 4.39 Å². The van der Waals surface area contributed by atoms with Gasteiger partial charge in [0.1, 0.15) is 5.82 Å². The van der Waals surface area contributed by atoms with Gasteiger partial charge in [0.2, 0.25) is 0 Å². The van der Waals surface area contributed by atoms with Crippen molar-refractivity contribution in [1.82, 2.24) is 20.4 Å². The number of halogens is 2. The molecule has 0 amide bonds. The summed E-state index contributed by atoms with van der Waals surface area (Å²) in [6.45, 7) is 4.24. The van der Waals surface area contributed by atoms with Gasteiger partial charge in [0.15, 0.2) is 5.96 Å². The smallest absolute Gasteiger partial charge is 0.191 e. The number of nitrogens with one attached hydrogen (secondary N) is 2. The van der Waals surface area contributed by atoms with Crippen molar-refractivity contribution in [3.8, 4) is 0 Å². The van der Waals surface area contributed by atoms with Gasteiger partial charge in [0, 0.05) is 56.4 Å². The second-order valence-corrected chi connectivity index (χ2v) is 8.85. The summed E-state index contributed by atoms with van der Waals surface area (Å²) >= 11 is 5.98. The minimum atomic E-state index is -0.162. The molecule has 1 fully saturated rings. The molecule has 2 aromatic rings. The number of nitrogens with zero attached hydrogens (tertiary/aromatic N) is 3. The SMILES string of the molecule is CN=C(NCc1ccc(F)c(CN(C)C)c1)NC1CCN(Cc2ccc(Cl)cc2)CC1. The third kappa shape index (κ3) is 7.49. The molecule has 2 aromatic carbocycles. The third-order valence-electron chi connectivity index (χ3n) is 5.53. The van der Waals surface area contributed by atoms with E-state index >= 15 is 0 Å². The molecular weight excluding hydrogens is 413 g/mol. The van der Waals surface area contributed by atoms with E-state index < -0.39 is 0 Å². The molecule has 1 aliphatic heterocycles. The van der Waals surface area contributed by atoms with Crippen LogP contribution in [0.3, 0.4) is 0 Å². The van der Waals surface area contributed by atoms with Crippen molar-refractivity contribution in [3.63, 3.8) is 0 Å². The molecule has 168 valence electrons. The number of rotatable bonds is 7. The molecule has 31 heavy (non-hydrogen) atoms. The average molecular weight is 446 g/mol. The van der Waals surface area contributed by atoms with Crippen molar-refractivity contribution in [2.45, 2.75) is 38.5 Å². The zero-order valence-corrected chi connectivity index (χ0v) is 19.4. The predicted molar refractivity (Wildman–Crippen MR) is 127 cm³/mol. The van der Waals surface area contributed by atoms with Gasteiger partial charge in [-0.05, 0) is 62.3 Å². The van der Waals surface area contributed by atoms with Gasteiger partial charge >= 0.3 is 0 Å². The van der Waals surface area contributed by atoms with Gasteiger partial charge in [0.05, 0.1) is 0 Å². The molecule has 0 spiro atoms. The molecule has 0 unspecified atom stereocenters. The van der Waals surface area contributed by atoms with Crippen LogP contribution in [-0.2, 0) is 19.6 Å². The van der Waals surface area contributed by atoms with Gasteiger partial charge in [-0.15, -0.1) is 0 Å². The first-order chi connectivity index (χ1) is 14.9. The zero-order chi connectivity index (χ0) is 22.2. The van der Waals surface area contributed by atoms with Crippen LogP contribution in [0.5, 0.6) is 0 Å². The van der Waals surface area contributed by atoms with Crippen LogP contribution in [0, 0.1) is 5.82 Å². The highest BCUT2D eigenvalue weighted by Crippen LogP contribution is 2.16. The Morgan fingerprint density at radius 2 is 1.81 bits per heavy atom. The molecule has 3 rings (SSSR count). The Kier molecular flexibility index (Phi) is 8.69. The molecule has 0 atom stereocenters. The molecule has 2 N–H and O–H groups in total. The molecule has 1 heterocycles. The molecule has 7 heteroatoms. The van der Waals surface area contributed by atoms with Crippen molar-refractivity contribution >= 4 is 17.6 Å². The van der Waals surface area contributed by atoms with E-state index in [4.69, 9.17) is 11.6 Å². The van der Waals surface area contributed by atoms with Gasteiger partial charge in [-0.25, -0.2) is 4.39 Å². The summed E-state index contributed by atoms with van der Waals surface area (Å²) in [6.07, 6.45) is 2.13. The predicted octanol–water partition coefficient (Wildman–Crippen LogP) is 3.87. The van der Waals surface area contributed by atoms with E-state index in [-0.39, 0.29) is 5.82 Å². The molecular formula is C24H33ClFN5. The lowest BCUT2D eigenvalue weighted by molar-refractivity contribution is 0.198. The van der Waals surface area contributed by atoms with Crippen molar-refractivity contribution in [2.24, 2.45) is 4.99 Å². The molecule has 0 aromatic heterocycles. The lowest BCUT2D eigenvalue weighted by Crippen LogP contribution is -2.48. The van der Waals surface area contributed by atoms with E-state index in [1.807, 2.05) is 43.3 Å². The fourth-order valence-corrected chi connectivity index (χ4v) is 3.98. The lowest BCUT2D eigenvalue weighted by atomic mass is 10.0. The van der Waals surface area contributed by atoms with Gasteiger partial charge < -0.3 is 15.5 Å². The second kappa shape index (κ2) is 11.5. The first-order valence-corrected chi connectivity index (χ1v) is 11.2. The highest BCUT2D eigenvalue weighted by molar-refractivity contribution is 6.30. The van der Waals surface area contributed by atoms with Crippen LogP contribution in [-0.4, -0.2) is 56.0 Å². The summed E-state index contributed by atoms with van der Waals surface area (Å²) < 4.78 is 14.0. The maximum absolute atomic E-state index is 14.0. The van der Waals surface area contributed by atoms with E-state index in [1.54, 1.807) is 13.1 Å². The number of piperidine rings is 1. The highest BCUT2D eigenvalue weighted by Gasteiger charge is 2.20. The maximum Gasteiger partial charge on any atom is 0.191 e. The summed E-state index contributed by atoms with van der Waals surface area (Å²) in [5.41, 5.74) is 3.04. The van der Waals surface area contributed by atoms with Crippen LogP contribution >= 0.6 is 11.6 Å². The lowest BCUT2D eigenvalue weighted by Gasteiger charge is -2.33. The zero-order valence-electron chi connectivity index (χ0n) is 18.7. The Labute approximate surface area is 190 Å². The molecule has 1 saturated heterocycles. The Balaban J connectivity index is 1.45. The van der Waals surface area contributed by atoms with E-state index in [2.05, 4.69) is 32.7 Å². The van der Waals surface area contributed by atoms with Crippen LogP contribution in [0.15, 0.2) is 47.5 Å². The minimum absolute atomic E-state index is 0.162. The standard InChI is InChI=1S/C24H33ClFN5/c1-27-24(28-15-19-6-9-23(26)20(14-19)17-30(2)3)29-22-10-12-31(13-11-22)16-18-4-7-21(25)8-5-18/h4-9,14,22H,10-13,15-17H2,1-3H3,(H2,27,28,29). The number of aliphatic imine (C=N–C) groups is 1. The quantitative estimate of drug-likeness (QED) is 0.501. The number of benzene rings is 2. The Bertz CT molecular complexity index is 861. The van der Waals surface area contributed by atoms with Crippen LogP contribution in [0.2, 0.25) is 5.02 Å². The van der Waals surface area contributed by atoms with Crippen molar-refractivity contribution in [1.29, 1.82) is 0 Å². The largest absolute Gasteiger partial charge is 0.354 e. The Morgan fingerprint density at radius 3 is 2.45 bits per heavy atom. The van der Waals surface area contributed by atoms with Crippen molar-refractivity contribution in [3.05, 3.63) is 70.0 Å². The van der Waals surface area contributed by atoms with Gasteiger partial charge in [-0.3, -0.25) is 9.89 Å². The number of hydrogen-bond donors (Lipinski definition) is 2. The fraction of sp³-hybridized carbons (Fsp3) is 0.458. The van der Waals surface area contributed by atoms with Crippen molar-refractivity contribution < 1.29 is 4.39 Å². The summed E-state index contributed by atoms with van der Waals surface area (Å²) in [6, 6.07) is 13.8. The van der Waals surface area contributed by atoms with Gasteiger partial charge in [-0.1, -0.05) is 29.8 Å². The van der Waals surface area contributed by atoms with Gasteiger partial charge in [-0.2, -0.15) is 0 Å². The number of hydrogen-bond acceptors (Lipinski definition) is 3. The summed E-state index contributed by atoms with van der Waals surface area (Å²) in [4.78, 5) is 8.81. The molecule has 5 nitrogen and oxygen atoms in total. The first kappa shape index (κ1) is 23.5. The molecule has 0 radical (unpaired) electrons. The van der Waals surface area contributed by atoms with E-state index in [1.165, 1.54) is 5.56 Å². The molecule has 1 aliphatic rings. The fourth-order valence-electron chi connectivity index (χ4n) is 3.86. The topological polar surface area (TPSA) is 42.9 Å². The van der Waals surface area contributed by atoms with Gasteiger partial charge in [0.25, 0.3) is 0 Å². The number of likely N-dealkylation sites (tertiary alicyclic amines) is 1. The normalized spacial score (nSPS) is 16.0. The third-order valence-corrected chi connectivity index (χ3v) is 5.78. The van der Waals surface area contributed by atoms with Crippen molar-refractivity contribution in [2.75, 3.05) is 34.2 Å². The molecule has 0 aliphatic carbocycles. The second-order valence-electron chi connectivity index (χ2n) is 8.41. The average Bonchev–Trinajstić information content (AvgIpc) is 2.75. The molecule has 0 bridgehead atoms. The van der Waals surface area contributed by atoms with Crippen LogP contribution in [0.25, 0.3) is 0 Å².